The average molecular weight is 512 g/mol. The Balaban J connectivity index is 1.77. The normalized spacial score (nSPS) is 14.8. The third kappa shape index (κ3) is 7.77. The van der Waals surface area contributed by atoms with E-state index in [1.54, 1.807) is 11.8 Å². The van der Waals surface area contributed by atoms with Gasteiger partial charge in [0.2, 0.25) is 5.91 Å². The third-order valence-electron chi connectivity index (χ3n) is 5.55. The molecular weight excluding hydrogens is 482 g/mol. The number of likely N-dealkylation sites (tertiary alicyclic amines) is 1. The molecule has 0 aromatic heterocycles. The first-order chi connectivity index (χ1) is 16.9. The molecule has 3 rings (SSSR count). The van der Waals surface area contributed by atoms with Crippen LogP contribution in [0.5, 0.6) is 0 Å². The van der Waals surface area contributed by atoms with Gasteiger partial charge in [-0.2, -0.15) is 0 Å². The van der Waals surface area contributed by atoms with E-state index in [-0.39, 0.29) is 29.9 Å². The summed E-state index contributed by atoms with van der Waals surface area (Å²) in [5.41, 5.74) is 2.12. The van der Waals surface area contributed by atoms with Gasteiger partial charge >= 0.3 is 11.9 Å². The summed E-state index contributed by atoms with van der Waals surface area (Å²) >= 11 is 7.05. The molecule has 0 saturated carbocycles. The van der Waals surface area contributed by atoms with Crippen LogP contribution in [0.3, 0.4) is 0 Å². The van der Waals surface area contributed by atoms with E-state index < -0.39 is 17.9 Å². The Morgan fingerprint density at radius 2 is 1.63 bits per heavy atom. The standard InChI is InChI=1S/C27H29NO5S2/c1-19(2)25(30)32-16-17-33-26(31)22(20-10-5-3-6-11-20)18-23(21-12-7-4-8-13-21)35-27(34)28-15-9-14-24(28)29/h3-8,10-13,22-23H,1,9,14-18H2,2H3. The van der Waals surface area contributed by atoms with Crippen molar-refractivity contribution in [3.63, 3.8) is 0 Å². The first kappa shape index (κ1) is 26.6. The maximum absolute atomic E-state index is 13.2. The molecule has 1 aliphatic heterocycles. The number of rotatable bonds is 10. The monoisotopic (exact) mass is 511 g/mol. The number of carbonyl (C=O) groups is 3. The lowest BCUT2D eigenvalue weighted by Crippen LogP contribution is -2.29. The molecule has 2 aromatic rings. The van der Waals surface area contributed by atoms with E-state index in [2.05, 4.69) is 6.58 Å². The molecule has 0 bridgehead atoms. The summed E-state index contributed by atoms with van der Waals surface area (Å²) < 4.78 is 11.1. The number of thioether (sulfide) groups is 1. The molecule has 6 nitrogen and oxygen atoms in total. The Labute approximate surface area is 215 Å². The Morgan fingerprint density at radius 1 is 1.03 bits per heavy atom. The number of hydrogen-bond donors (Lipinski definition) is 0. The van der Waals surface area contributed by atoms with Crippen LogP contribution in [0.4, 0.5) is 0 Å². The Morgan fingerprint density at radius 3 is 2.20 bits per heavy atom. The highest BCUT2D eigenvalue weighted by Crippen LogP contribution is 2.40. The van der Waals surface area contributed by atoms with Crippen LogP contribution in [0.1, 0.15) is 48.5 Å². The lowest BCUT2D eigenvalue weighted by Gasteiger charge is -2.25. The van der Waals surface area contributed by atoms with Gasteiger partial charge in [-0.1, -0.05) is 91.2 Å². The Hall–Kier alpha value is -2.97. The molecule has 1 heterocycles. The van der Waals surface area contributed by atoms with E-state index in [9.17, 15) is 14.4 Å². The molecule has 1 fully saturated rings. The van der Waals surface area contributed by atoms with E-state index in [1.165, 1.54) is 11.8 Å². The van der Waals surface area contributed by atoms with Crippen LogP contribution in [-0.2, 0) is 23.9 Å². The predicted octanol–water partition coefficient (Wildman–Crippen LogP) is 5.20. The highest BCUT2D eigenvalue weighted by atomic mass is 32.2. The summed E-state index contributed by atoms with van der Waals surface area (Å²) in [7, 11) is 0. The maximum Gasteiger partial charge on any atom is 0.333 e. The van der Waals surface area contributed by atoms with Gasteiger partial charge in [-0.15, -0.1) is 0 Å². The van der Waals surface area contributed by atoms with Crippen LogP contribution in [0.25, 0.3) is 0 Å². The van der Waals surface area contributed by atoms with Crippen molar-refractivity contribution in [2.24, 2.45) is 0 Å². The molecular formula is C27H29NO5S2. The Bertz CT molecular complexity index is 1060. The van der Waals surface area contributed by atoms with Crippen LogP contribution in [0.15, 0.2) is 72.8 Å². The van der Waals surface area contributed by atoms with Crippen molar-refractivity contribution in [1.82, 2.24) is 4.90 Å². The average Bonchev–Trinajstić information content (AvgIpc) is 3.30. The maximum atomic E-state index is 13.2. The van der Waals surface area contributed by atoms with Gasteiger partial charge in [0, 0.05) is 23.8 Å². The van der Waals surface area contributed by atoms with Crippen LogP contribution in [0, 0.1) is 0 Å². The number of amides is 1. The number of ether oxygens (including phenoxy) is 2. The summed E-state index contributed by atoms with van der Waals surface area (Å²) in [5.74, 6) is -1.46. The van der Waals surface area contributed by atoms with Crippen molar-refractivity contribution in [2.45, 2.75) is 37.4 Å². The fourth-order valence-corrected chi connectivity index (χ4v) is 5.40. The molecule has 2 aromatic carbocycles. The molecule has 2 unspecified atom stereocenters. The zero-order valence-corrected chi connectivity index (χ0v) is 21.3. The van der Waals surface area contributed by atoms with Crippen molar-refractivity contribution < 1.29 is 23.9 Å². The number of hydrogen-bond acceptors (Lipinski definition) is 7. The molecule has 0 spiro atoms. The minimum absolute atomic E-state index is 0.0395. The zero-order valence-electron chi connectivity index (χ0n) is 19.7. The second-order valence-corrected chi connectivity index (χ2v) is 10.1. The second-order valence-electron chi connectivity index (χ2n) is 8.21. The largest absolute Gasteiger partial charge is 0.462 e. The molecule has 184 valence electrons. The van der Waals surface area contributed by atoms with E-state index in [1.807, 2.05) is 60.7 Å². The SMILES string of the molecule is C=C(C)C(=O)OCCOC(=O)C(CC(SC(=S)N1CCCC1=O)c1ccccc1)c1ccccc1. The number of thiocarbonyl (C=S) groups is 1. The van der Waals surface area contributed by atoms with Gasteiger partial charge < -0.3 is 9.47 Å². The Kier molecular flexibility index (Phi) is 10.0. The summed E-state index contributed by atoms with van der Waals surface area (Å²) in [6, 6.07) is 19.2. The number of carbonyl (C=O) groups excluding carboxylic acids is 3. The molecule has 1 amide bonds. The predicted molar refractivity (Wildman–Crippen MR) is 141 cm³/mol. The molecule has 0 aliphatic carbocycles. The number of nitrogens with zero attached hydrogens (tertiary/aromatic N) is 1. The van der Waals surface area contributed by atoms with Gasteiger partial charge in [-0.25, -0.2) is 4.79 Å². The van der Waals surface area contributed by atoms with Gasteiger partial charge in [-0.05, 0) is 30.9 Å². The highest BCUT2D eigenvalue weighted by molar-refractivity contribution is 8.23. The number of esters is 2. The first-order valence-corrected chi connectivity index (χ1v) is 12.8. The van der Waals surface area contributed by atoms with Gasteiger partial charge in [0.15, 0.2) is 0 Å². The first-order valence-electron chi connectivity index (χ1n) is 11.5. The quantitative estimate of drug-likeness (QED) is 0.188. The lowest BCUT2D eigenvalue weighted by molar-refractivity contribution is -0.151. The molecule has 8 heteroatoms. The summed E-state index contributed by atoms with van der Waals surface area (Å²) in [5, 5.41) is -0.170. The van der Waals surface area contributed by atoms with Crippen LogP contribution < -0.4 is 0 Å². The minimum atomic E-state index is -0.567. The van der Waals surface area contributed by atoms with Crippen molar-refractivity contribution >= 4 is 46.1 Å². The highest BCUT2D eigenvalue weighted by Gasteiger charge is 2.31. The number of benzene rings is 2. The molecule has 35 heavy (non-hydrogen) atoms. The fraction of sp³-hybridized carbons (Fsp3) is 0.333. The van der Waals surface area contributed by atoms with Crippen molar-refractivity contribution in [2.75, 3.05) is 19.8 Å². The van der Waals surface area contributed by atoms with Gasteiger partial charge in [0.25, 0.3) is 0 Å². The fourth-order valence-electron chi connectivity index (χ4n) is 3.71. The van der Waals surface area contributed by atoms with Crippen LogP contribution in [0.2, 0.25) is 0 Å². The van der Waals surface area contributed by atoms with Crippen molar-refractivity contribution in [3.8, 4) is 0 Å². The second kappa shape index (κ2) is 13.2. The van der Waals surface area contributed by atoms with Crippen molar-refractivity contribution in [1.29, 1.82) is 0 Å². The van der Waals surface area contributed by atoms with Crippen molar-refractivity contribution in [3.05, 3.63) is 83.9 Å². The summed E-state index contributed by atoms with van der Waals surface area (Å²) in [6.07, 6.45) is 1.72. The molecule has 1 saturated heterocycles. The van der Waals surface area contributed by atoms with Gasteiger partial charge in [0.1, 0.15) is 17.5 Å². The van der Waals surface area contributed by atoms with Gasteiger partial charge in [-0.3, -0.25) is 14.5 Å². The zero-order chi connectivity index (χ0) is 25.2. The summed E-state index contributed by atoms with van der Waals surface area (Å²) in [6.45, 7) is 5.62. The topological polar surface area (TPSA) is 72.9 Å². The van der Waals surface area contributed by atoms with E-state index in [0.717, 1.165) is 17.5 Å². The van der Waals surface area contributed by atoms with E-state index >= 15 is 0 Å². The molecule has 0 radical (unpaired) electrons. The van der Waals surface area contributed by atoms with Crippen LogP contribution >= 0.6 is 24.0 Å². The smallest absolute Gasteiger partial charge is 0.333 e. The van der Waals surface area contributed by atoms with Gasteiger partial charge in [0.05, 0.1) is 5.92 Å². The summed E-state index contributed by atoms with van der Waals surface area (Å²) in [4.78, 5) is 38.7. The minimum Gasteiger partial charge on any atom is -0.462 e. The van der Waals surface area contributed by atoms with E-state index in [4.69, 9.17) is 21.7 Å². The molecule has 0 N–H and O–H groups in total. The van der Waals surface area contributed by atoms with E-state index in [0.29, 0.717) is 23.7 Å². The lowest BCUT2D eigenvalue weighted by atomic mass is 9.92. The van der Waals surface area contributed by atoms with Crippen LogP contribution in [-0.4, -0.2) is 46.8 Å². The molecule has 1 aliphatic rings. The molecule has 2 atom stereocenters. The third-order valence-corrected chi connectivity index (χ3v) is 7.23.